The maximum atomic E-state index is 14.5. The van der Waals surface area contributed by atoms with Crippen LogP contribution in [0.3, 0.4) is 0 Å². The van der Waals surface area contributed by atoms with Crippen LogP contribution in [-0.2, 0) is 13.1 Å². The van der Waals surface area contributed by atoms with Crippen molar-refractivity contribution in [2.24, 2.45) is 4.99 Å². The number of benzene rings is 1. The quantitative estimate of drug-likeness (QED) is 0.425. The third-order valence-corrected chi connectivity index (χ3v) is 6.19. The molecule has 0 spiro atoms. The molecule has 0 radical (unpaired) electrons. The van der Waals surface area contributed by atoms with Crippen molar-refractivity contribution in [1.82, 2.24) is 14.8 Å². The molecule has 1 aromatic heterocycles. The van der Waals surface area contributed by atoms with Gasteiger partial charge in [0.1, 0.15) is 11.7 Å². The number of nitrogens with one attached hydrogen (secondary N) is 1. The number of carbonyl (C=O) groups is 1. The van der Waals surface area contributed by atoms with Gasteiger partial charge in [-0.25, -0.2) is 14.8 Å². The van der Waals surface area contributed by atoms with Gasteiger partial charge in [-0.15, -0.1) is 0 Å². The highest BCUT2D eigenvalue weighted by atomic mass is 19.4. The summed E-state index contributed by atoms with van der Waals surface area (Å²) in [7, 11) is 0. The van der Waals surface area contributed by atoms with Gasteiger partial charge in [0.25, 0.3) is 0 Å². The Morgan fingerprint density at radius 3 is 2.43 bits per heavy atom. The number of hydrogen-bond acceptors (Lipinski definition) is 6. The first kappa shape index (κ1) is 24.3. The fourth-order valence-corrected chi connectivity index (χ4v) is 4.52. The van der Waals surface area contributed by atoms with E-state index in [9.17, 15) is 27.5 Å². The van der Waals surface area contributed by atoms with Crippen LogP contribution in [0.15, 0.2) is 89.0 Å². The molecule has 3 aliphatic heterocycles. The molecule has 0 fully saturated rings. The number of aliphatic imine (C=N–C) groups is 1. The summed E-state index contributed by atoms with van der Waals surface area (Å²) in [6, 6.07) is 7.18. The van der Waals surface area contributed by atoms with Gasteiger partial charge in [0.05, 0.1) is 5.69 Å². The second-order valence-electron chi connectivity index (χ2n) is 8.85. The molecule has 37 heavy (non-hydrogen) atoms. The maximum absolute atomic E-state index is 14.5. The largest absolute Gasteiger partial charge is 0.476 e. The number of carboxylic acid groups (broad SMARTS) is 1. The number of pyridine rings is 1. The van der Waals surface area contributed by atoms with Crippen LogP contribution in [0.25, 0.3) is 0 Å². The number of carboxylic acids is 1. The first-order chi connectivity index (χ1) is 17.5. The molecule has 0 saturated heterocycles. The fraction of sp³-hybridized carbons (Fsp3) is 0.192. The standard InChI is InChI=1S/C26H21F4N5O2/c1-14-9-18(23(26(28,29)30)31-19-7-8-20(27)32-22(19)25(36)37)24-33-21(10-15(2)35(24)11-14)34-12-16-5-3-4-6-17(16)13-34/h3-11,23,31H,2,12-13H2,1H3,(H,36,37)/t23-/m0/s1. The first-order valence-corrected chi connectivity index (χ1v) is 11.2. The SMILES string of the molecule is C=C1C=C(N2Cc3ccccc3C2)N=C2C([C@H](Nc3ccc(F)nc3C(=O)O)C(F)(F)F)=CC(C)=CN12. The molecule has 4 heterocycles. The van der Waals surface area contributed by atoms with Crippen molar-refractivity contribution >= 4 is 17.5 Å². The van der Waals surface area contributed by atoms with Crippen LogP contribution in [0, 0.1) is 5.95 Å². The first-order valence-electron chi connectivity index (χ1n) is 11.2. The Kier molecular flexibility index (Phi) is 5.85. The Balaban J connectivity index is 1.55. The summed E-state index contributed by atoms with van der Waals surface area (Å²) in [5, 5.41) is 11.6. The van der Waals surface area contributed by atoms with E-state index >= 15 is 0 Å². The summed E-state index contributed by atoms with van der Waals surface area (Å²) in [6.45, 7) is 6.76. The lowest BCUT2D eigenvalue weighted by molar-refractivity contribution is -0.133. The van der Waals surface area contributed by atoms with Gasteiger partial charge >= 0.3 is 12.1 Å². The van der Waals surface area contributed by atoms with E-state index in [0.717, 1.165) is 23.3 Å². The highest BCUT2D eigenvalue weighted by molar-refractivity contribution is 6.05. The van der Waals surface area contributed by atoms with Crippen molar-refractivity contribution in [1.29, 1.82) is 0 Å². The maximum Gasteiger partial charge on any atom is 0.412 e. The van der Waals surface area contributed by atoms with E-state index in [1.807, 2.05) is 29.2 Å². The van der Waals surface area contributed by atoms with E-state index in [2.05, 4.69) is 21.9 Å². The minimum Gasteiger partial charge on any atom is -0.476 e. The second-order valence-corrected chi connectivity index (χ2v) is 8.85. The van der Waals surface area contributed by atoms with E-state index in [4.69, 9.17) is 0 Å². The zero-order valence-electron chi connectivity index (χ0n) is 19.6. The molecular weight excluding hydrogens is 490 g/mol. The van der Waals surface area contributed by atoms with Gasteiger partial charge in [0.2, 0.25) is 5.95 Å². The molecule has 3 aliphatic rings. The average Bonchev–Trinajstić information content (AvgIpc) is 3.27. The van der Waals surface area contributed by atoms with Crippen molar-refractivity contribution in [2.45, 2.75) is 32.2 Å². The number of fused-ring (bicyclic) bond motifs is 2. The molecule has 1 atom stereocenters. The van der Waals surface area contributed by atoms with Crippen molar-refractivity contribution in [3.05, 3.63) is 107 Å². The normalized spacial score (nSPS) is 17.8. The molecule has 11 heteroatoms. The molecule has 190 valence electrons. The van der Waals surface area contributed by atoms with Crippen LogP contribution >= 0.6 is 0 Å². The molecule has 2 aromatic rings. The molecule has 1 aromatic carbocycles. The zero-order valence-corrected chi connectivity index (χ0v) is 19.6. The summed E-state index contributed by atoms with van der Waals surface area (Å²) < 4.78 is 57.0. The number of halogens is 4. The highest BCUT2D eigenvalue weighted by Crippen LogP contribution is 2.37. The third kappa shape index (κ3) is 4.59. The molecule has 5 rings (SSSR count). The topological polar surface area (TPSA) is 81.1 Å². The van der Waals surface area contributed by atoms with Crippen LogP contribution in [0.4, 0.5) is 23.2 Å². The smallest absolute Gasteiger partial charge is 0.412 e. The van der Waals surface area contributed by atoms with Crippen molar-refractivity contribution < 1.29 is 27.5 Å². The summed E-state index contributed by atoms with van der Waals surface area (Å²) in [5.41, 5.74) is 1.57. The van der Waals surface area contributed by atoms with Crippen LogP contribution in [-0.4, -0.2) is 43.9 Å². The number of alkyl halides is 3. The molecule has 0 unspecified atom stereocenters. The Morgan fingerprint density at radius 1 is 1.14 bits per heavy atom. The summed E-state index contributed by atoms with van der Waals surface area (Å²) in [6.07, 6.45) is -0.183. The van der Waals surface area contributed by atoms with Crippen molar-refractivity contribution in [3.8, 4) is 0 Å². The lowest BCUT2D eigenvalue weighted by Crippen LogP contribution is -2.45. The van der Waals surface area contributed by atoms with Gasteiger partial charge < -0.3 is 20.2 Å². The predicted octanol–water partition coefficient (Wildman–Crippen LogP) is 5.19. The van der Waals surface area contributed by atoms with Gasteiger partial charge in [-0.3, -0.25) is 0 Å². The van der Waals surface area contributed by atoms with Crippen LogP contribution in [0.1, 0.15) is 28.5 Å². The number of aromatic carboxylic acids is 1. The third-order valence-electron chi connectivity index (χ3n) is 6.19. The number of hydrogen-bond donors (Lipinski definition) is 2. The summed E-state index contributed by atoms with van der Waals surface area (Å²) in [4.78, 5) is 22.8. The predicted molar refractivity (Wildman–Crippen MR) is 129 cm³/mol. The second kappa shape index (κ2) is 8.91. The Hall–Kier alpha value is -4.41. The van der Waals surface area contributed by atoms with Gasteiger partial charge in [0.15, 0.2) is 11.7 Å². The van der Waals surface area contributed by atoms with Crippen molar-refractivity contribution in [2.75, 3.05) is 5.32 Å². The number of allylic oxidation sites excluding steroid dienone is 3. The van der Waals surface area contributed by atoms with E-state index < -0.39 is 35.5 Å². The molecule has 0 amide bonds. The molecule has 0 saturated carbocycles. The minimum atomic E-state index is -4.87. The number of aromatic nitrogens is 1. The summed E-state index contributed by atoms with van der Waals surface area (Å²) in [5.74, 6) is -2.32. The highest BCUT2D eigenvalue weighted by Gasteiger charge is 2.46. The van der Waals surface area contributed by atoms with E-state index in [1.54, 1.807) is 19.2 Å². The van der Waals surface area contributed by atoms with Crippen LogP contribution < -0.4 is 5.32 Å². The molecule has 2 N–H and O–H groups in total. The van der Waals surface area contributed by atoms with Gasteiger partial charge in [-0.1, -0.05) is 30.8 Å². The fourth-order valence-electron chi connectivity index (χ4n) is 4.52. The number of anilines is 1. The Morgan fingerprint density at radius 2 is 1.81 bits per heavy atom. The van der Waals surface area contributed by atoms with Crippen LogP contribution in [0.5, 0.6) is 0 Å². The number of amidine groups is 1. The lowest BCUT2D eigenvalue weighted by atomic mass is 9.97. The monoisotopic (exact) mass is 511 g/mol. The molecule has 7 nitrogen and oxygen atoms in total. The minimum absolute atomic E-state index is 0.00540. The zero-order chi connectivity index (χ0) is 26.5. The Labute approximate surface area is 209 Å². The van der Waals surface area contributed by atoms with E-state index in [-0.39, 0.29) is 11.4 Å². The van der Waals surface area contributed by atoms with Gasteiger partial charge in [-0.05, 0) is 41.8 Å². The van der Waals surface area contributed by atoms with E-state index in [1.165, 1.54) is 11.0 Å². The molecule has 0 bridgehead atoms. The van der Waals surface area contributed by atoms with E-state index in [0.29, 0.717) is 30.2 Å². The molecule has 0 aliphatic carbocycles. The number of rotatable bonds is 5. The van der Waals surface area contributed by atoms with Gasteiger partial charge in [0, 0.05) is 36.6 Å². The lowest BCUT2D eigenvalue weighted by Gasteiger charge is -2.37. The van der Waals surface area contributed by atoms with Crippen LogP contribution in [0.2, 0.25) is 0 Å². The van der Waals surface area contributed by atoms with Crippen molar-refractivity contribution in [3.63, 3.8) is 0 Å². The summed E-state index contributed by atoms with van der Waals surface area (Å²) >= 11 is 0. The number of nitrogens with zero attached hydrogens (tertiary/aromatic N) is 4. The van der Waals surface area contributed by atoms with Gasteiger partial charge in [-0.2, -0.15) is 17.6 Å². The average molecular weight is 511 g/mol. The molecular formula is C26H21F4N5O2. The Bertz CT molecular complexity index is 1420.